The van der Waals surface area contributed by atoms with Crippen molar-refractivity contribution in [3.05, 3.63) is 59.8 Å². The minimum Gasteiger partial charge on any atom is -0.481 e. The summed E-state index contributed by atoms with van der Waals surface area (Å²) < 4.78 is 5.59. The molecule has 1 fully saturated rings. The molecular formula is C18H18N2O4. The van der Waals surface area contributed by atoms with Gasteiger partial charge in [-0.3, -0.25) is 9.59 Å². The Bertz CT molecular complexity index is 742. The number of pyridine rings is 1. The van der Waals surface area contributed by atoms with E-state index in [4.69, 9.17) is 9.84 Å². The van der Waals surface area contributed by atoms with Gasteiger partial charge in [0.1, 0.15) is 6.61 Å². The normalized spacial score (nSPS) is 14.7. The van der Waals surface area contributed by atoms with E-state index < -0.39 is 11.4 Å². The molecule has 1 aliphatic carbocycles. The zero-order chi connectivity index (χ0) is 17.0. The van der Waals surface area contributed by atoms with Crippen LogP contribution < -0.4 is 10.1 Å². The van der Waals surface area contributed by atoms with E-state index in [1.807, 2.05) is 30.3 Å². The molecule has 1 heterocycles. The average molecular weight is 326 g/mol. The van der Waals surface area contributed by atoms with Crippen molar-refractivity contribution in [3.8, 4) is 5.88 Å². The number of benzene rings is 1. The average Bonchev–Trinajstić information content (AvgIpc) is 3.40. The predicted molar refractivity (Wildman–Crippen MR) is 86.6 cm³/mol. The van der Waals surface area contributed by atoms with E-state index in [0.29, 0.717) is 30.9 Å². The van der Waals surface area contributed by atoms with Gasteiger partial charge in [-0.1, -0.05) is 30.3 Å². The zero-order valence-electron chi connectivity index (χ0n) is 13.1. The van der Waals surface area contributed by atoms with Crippen LogP contribution in [-0.2, 0) is 11.4 Å². The molecular weight excluding hydrogens is 308 g/mol. The van der Waals surface area contributed by atoms with Gasteiger partial charge in [0.05, 0.1) is 5.41 Å². The van der Waals surface area contributed by atoms with Gasteiger partial charge in [0.15, 0.2) is 0 Å². The van der Waals surface area contributed by atoms with Crippen LogP contribution in [0.15, 0.2) is 48.7 Å². The topological polar surface area (TPSA) is 88.5 Å². The molecule has 124 valence electrons. The largest absolute Gasteiger partial charge is 0.481 e. The molecule has 1 aliphatic rings. The molecule has 0 spiro atoms. The SMILES string of the molecule is O=C(NCC1(C(=O)O)CC1)c1ccnc(OCc2ccccc2)c1. The van der Waals surface area contributed by atoms with Gasteiger partial charge in [-0.2, -0.15) is 0 Å². The van der Waals surface area contributed by atoms with Gasteiger partial charge in [-0.25, -0.2) is 4.98 Å². The molecule has 24 heavy (non-hydrogen) atoms. The molecule has 0 saturated heterocycles. The summed E-state index contributed by atoms with van der Waals surface area (Å²) in [6.45, 7) is 0.505. The predicted octanol–water partition coefficient (Wildman–Crippen LogP) is 2.26. The highest BCUT2D eigenvalue weighted by Crippen LogP contribution is 2.45. The number of amides is 1. The van der Waals surface area contributed by atoms with Crippen molar-refractivity contribution in [2.45, 2.75) is 19.4 Å². The van der Waals surface area contributed by atoms with Crippen molar-refractivity contribution in [2.75, 3.05) is 6.54 Å². The number of carbonyl (C=O) groups is 2. The second kappa shape index (κ2) is 6.70. The first-order valence-electron chi connectivity index (χ1n) is 7.73. The van der Waals surface area contributed by atoms with Gasteiger partial charge in [0.25, 0.3) is 5.91 Å². The highest BCUT2D eigenvalue weighted by atomic mass is 16.5. The summed E-state index contributed by atoms with van der Waals surface area (Å²) in [6.07, 6.45) is 2.70. The maximum Gasteiger partial charge on any atom is 0.311 e. The number of nitrogens with zero attached hydrogens (tertiary/aromatic N) is 1. The molecule has 0 bridgehead atoms. The number of aliphatic carboxylic acids is 1. The highest BCUT2D eigenvalue weighted by molar-refractivity contribution is 5.94. The van der Waals surface area contributed by atoms with Crippen LogP contribution in [0.4, 0.5) is 0 Å². The van der Waals surface area contributed by atoms with Gasteiger partial charge in [-0.05, 0) is 24.5 Å². The Morgan fingerprint density at radius 1 is 1.21 bits per heavy atom. The first-order chi connectivity index (χ1) is 11.6. The van der Waals surface area contributed by atoms with Gasteiger partial charge < -0.3 is 15.2 Å². The molecule has 2 N–H and O–H groups in total. The highest BCUT2D eigenvalue weighted by Gasteiger charge is 2.50. The van der Waals surface area contributed by atoms with E-state index in [1.54, 1.807) is 12.1 Å². The molecule has 0 radical (unpaired) electrons. The number of hydrogen-bond donors (Lipinski definition) is 2. The smallest absolute Gasteiger partial charge is 0.311 e. The van der Waals surface area contributed by atoms with Crippen LogP contribution in [0.3, 0.4) is 0 Å². The van der Waals surface area contributed by atoms with E-state index >= 15 is 0 Å². The van der Waals surface area contributed by atoms with E-state index in [1.165, 1.54) is 6.20 Å². The van der Waals surface area contributed by atoms with Crippen LogP contribution >= 0.6 is 0 Å². The van der Waals surface area contributed by atoms with E-state index in [0.717, 1.165) is 5.56 Å². The number of aromatic nitrogens is 1. The van der Waals surface area contributed by atoms with Crippen LogP contribution in [0.1, 0.15) is 28.8 Å². The summed E-state index contributed by atoms with van der Waals surface area (Å²) >= 11 is 0. The van der Waals surface area contributed by atoms with Gasteiger partial charge in [0, 0.05) is 24.4 Å². The van der Waals surface area contributed by atoms with E-state index in [-0.39, 0.29) is 12.5 Å². The maximum atomic E-state index is 12.2. The number of ether oxygens (including phenoxy) is 1. The summed E-state index contributed by atoms with van der Waals surface area (Å²) in [6, 6.07) is 12.8. The van der Waals surface area contributed by atoms with Crippen molar-refractivity contribution >= 4 is 11.9 Å². The summed E-state index contributed by atoms with van der Waals surface area (Å²) in [5, 5.41) is 11.8. The second-order valence-electron chi connectivity index (χ2n) is 5.93. The van der Waals surface area contributed by atoms with Gasteiger partial charge in [-0.15, -0.1) is 0 Å². The van der Waals surface area contributed by atoms with Crippen LogP contribution in [0.25, 0.3) is 0 Å². The second-order valence-corrected chi connectivity index (χ2v) is 5.93. The van der Waals surface area contributed by atoms with Crippen molar-refractivity contribution in [3.63, 3.8) is 0 Å². The summed E-state index contributed by atoms with van der Waals surface area (Å²) in [5.74, 6) is -0.829. The van der Waals surface area contributed by atoms with Crippen LogP contribution in [-0.4, -0.2) is 28.5 Å². The maximum absolute atomic E-state index is 12.2. The number of rotatable bonds is 7. The van der Waals surface area contributed by atoms with Crippen molar-refractivity contribution < 1.29 is 19.4 Å². The fraction of sp³-hybridized carbons (Fsp3) is 0.278. The molecule has 3 rings (SSSR count). The van der Waals surface area contributed by atoms with Crippen molar-refractivity contribution in [1.29, 1.82) is 0 Å². The first kappa shape index (κ1) is 16.0. The third kappa shape index (κ3) is 3.71. The lowest BCUT2D eigenvalue weighted by Gasteiger charge is -2.11. The Kier molecular flexibility index (Phi) is 4.46. The van der Waals surface area contributed by atoms with Crippen molar-refractivity contribution in [1.82, 2.24) is 10.3 Å². The third-order valence-electron chi connectivity index (χ3n) is 4.12. The molecule has 0 atom stereocenters. The zero-order valence-corrected chi connectivity index (χ0v) is 13.1. The molecule has 1 aromatic heterocycles. The van der Waals surface area contributed by atoms with Gasteiger partial charge in [0.2, 0.25) is 5.88 Å². The number of nitrogens with one attached hydrogen (secondary N) is 1. The fourth-order valence-electron chi connectivity index (χ4n) is 2.33. The third-order valence-corrected chi connectivity index (χ3v) is 4.12. The van der Waals surface area contributed by atoms with Crippen LogP contribution in [0.5, 0.6) is 5.88 Å². The molecule has 6 heteroatoms. The Hall–Kier alpha value is -2.89. The molecule has 1 saturated carbocycles. The number of hydrogen-bond acceptors (Lipinski definition) is 4. The standard InChI is InChI=1S/C18H18N2O4/c21-16(20-12-18(7-8-18)17(22)23)14-6-9-19-15(10-14)24-11-13-4-2-1-3-5-13/h1-6,9-10H,7-8,11-12H2,(H,20,21)(H,22,23). The molecule has 1 amide bonds. The van der Waals surface area contributed by atoms with E-state index in [9.17, 15) is 9.59 Å². The fourth-order valence-corrected chi connectivity index (χ4v) is 2.33. The summed E-state index contributed by atoms with van der Waals surface area (Å²) in [5.41, 5.74) is 0.621. The van der Waals surface area contributed by atoms with E-state index in [2.05, 4.69) is 10.3 Å². The Morgan fingerprint density at radius 2 is 1.96 bits per heavy atom. The summed E-state index contributed by atoms with van der Waals surface area (Å²) in [7, 11) is 0. The molecule has 2 aromatic rings. The van der Waals surface area contributed by atoms with Crippen LogP contribution in [0.2, 0.25) is 0 Å². The Morgan fingerprint density at radius 3 is 2.62 bits per heavy atom. The monoisotopic (exact) mass is 326 g/mol. The Balaban J connectivity index is 1.58. The minimum atomic E-state index is -0.857. The number of carboxylic acid groups (broad SMARTS) is 1. The lowest BCUT2D eigenvalue weighted by molar-refractivity contribution is -0.143. The lowest BCUT2D eigenvalue weighted by Crippen LogP contribution is -2.34. The number of carbonyl (C=O) groups excluding carboxylic acids is 1. The lowest BCUT2D eigenvalue weighted by atomic mass is 10.1. The number of carboxylic acids is 1. The minimum absolute atomic E-state index is 0.143. The molecule has 0 aliphatic heterocycles. The molecule has 6 nitrogen and oxygen atoms in total. The van der Waals surface area contributed by atoms with Crippen LogP contribution in [0, 0.1) is 5.41 Å². The summed E-state index contributed by atoms with van der Waals surface area (Å²) in [4.78, 5) is 27.4. The quantitative estimate of drug-likeness (QED) is 0.815. The first-order valence-corrected chi connectivity index (χ1v) is 7.73. The Labute approximate surface area is 139 Å². The van der Waals surface area contributed by atoms with Crippen molar-refractivity contribution in [2.24, 2.45) is 5.41 Å². The molecule has 0 unspecified atom stereocenters. The molecule has 1 aromatic carbocycles. The van der Waals surface area contributed by atoms with Gasteiger partial charge >= 0.3 is 5.97 Å².